The molecule has 2 aromatic rings. The van der Waals surface area contributed by atoms with Crippen LogP contribution in [0.15, 0.2) is 36.5 Å². The first-order valence-electron chi connectivity index (χ1n) is 8.46. The molecule has 2 N–H and O–H groups in total. The maximum Gasteiger partial charge on any atom is 0.267 e. The Morgan fingerprint density at radius 1 is 1.33 bits per heavy atom. The molecule has 1 unspecified atom stereocenters. The smallest absolute Gasteiger partial charge is 0.267 e. The molecule has 1 saturated heterocycles. The van der Waals surface area contributed by atoms with Gasteiger partial charge in [-0.25, -0.2) is 0 Å². The lowest BCUT2D eigenvalue weighted by Crippen LogP contribution is -2.44. The van der Waals surface area contributed by atoms with Crippen molar-refractivity contribution in [3.8, 4) is 0 Å². The Labute approximate surface area is 142 Å². The maximum atomic E-state index is 12.4. The number of morpholine rings is 1. The van der Waals surface area contributed by atoms with E-state index in [0.29, 0.717) is 25.5 Å². The molecule has 0 aliphatic carbocycles. The van der Waals surface area contributed by atoms with Gasteiger partial charge in [0.05, 0.1) is 24.9 Å². The molecule has 6 nitrogen and oxygen atoms in total. The molecular formula is C18H24N4O2. The highest BCUT2D eigenvalue weighted by Gasteiger charge is 2.24. The molecule has 3 heterocycles. The van der Waals surface area contributed by atoms with Crippen molar-refractivity contribution in [2.75, 3.05) is 32.8 Å². The van der Waals surface area contributed by atoms with Crippen LogP contribution in [0.25, 0.3) is 0 Å². The summed E-state index contributed by atoms with van der Waals surface area (Å²) in [6, 6.07) is 9.74. The Morgan fingerprint density at radius 3 is 2.83 bits per heavy atom. The average Bonchev–Trinajstić information content (AvgIpc) is 3.13. The Morgan fingerprint density at radius 2 is 2.17 bits per heavy atom. The number of amides is 1. The summed E-state index contributed by atoms with van der Waals surface area (Å²) >= 11 is 0. The van der Waals surface area contributed by atoms with E-state index in [9.17, 15) is 4.79 Å². The second-order valence-corrected chi connectivity index (χ2v) is 5.88. The Balaban J connectivity index is 1.68. The zero-order valence-corrected chi connectivity index (χ0v) is 14.0. The van der Waals surface area contributed by atoms with Crippen LogP contribution >= 0.6 is 0 Å². The fourth-order valence-electron chi connectivity index (χ4n) is 2.95. The van der Waals surface area contributed by atoms with Crippen molar-refractivity contribution in [1.29, 1.82) is 0 Å². The van der Waals surface area contributed by atoms with Crippen LogP contribution in [0.1, 0.15) is 34.8 Å². The molecule has 2 aromatic heterocycles. The number of hydrogen-bond acceptors (Lipinski definition) is 4. The summed E-state index contributed by atoms with van der Waals surface area (Å²) in [6.45, 7) is 5.71. The monoisotopic (exact) mass is 328 g/mol. The van der Waals surface area contributed by atoms with Crippen LogP contribution in [0.5, 0.6) is 0 Å². The number of pyridine rings is 1. The van der Waals surface area contributed by atoms with Crippen LogP contribution in [0.4, 0.5) is 0 Å². The largest absolute Gasteiger partial charge is 0.379 e. The van der Waals surface area contributed by atoms with Gasteiger partial charge in [-0.3, -0.25) is 14.7 Å². The zero-order valence-electron chi connectivity index (χ0n) is 14.0. The van der Waals surface area contributed by atoms with E-state index in [4.69, 9.17) is 4.74 Å². The standard InChI is InChI=1S/C18H24N4O2/c1-2-14-6-7-16(21-14)18(23)20-13-17(15-5-3-4-8-19-15)22-9-11-24-12-10-22/h3-8,17,21H,2,9-13H2,1H3,(H,20,23). The van der Waals surface area contributed by atoms with Crippen LogP contribution in [-0.4, -0.2) is 53.6 Å². The highest BCUT2D eigenvalue weighted by molar-refractivity contribution is 5.92. The molecule has 0 saturated carbocycles. The number of nitrogens with one attached hydrogen (secondary N) is 2. The number of aromatic nitrogens is 2. The Bertz CT molecular complexity index is 650. The molecule has 1 fully saturated rings. The van der Waals surface area contributed by atoms with Gasteiger partial charge in [0.25, 0.3) is 5.91 Å². The summed E-state index contributed by atoms with van der Waals surface area (Å²) in [7, 11) is 0. The molecule has 1 amide bonds. The van der Waals surface area contributed by atoms with Crippen molar-refractivity contribution < 1.29 is 9.53 Å². The lowest BCUT2D eigenvalue weighted by Gasteiger charge is -2.34. The second kappa shape index (κ2) is 8.08. The summed E-state index contributed by atoms with van der Waals surface area (Å²) in [6.07, 6.45) is 2.68. The van der Waals surface area contributed by atoms with E-state index in [1.165, 1.54) is 0 Å². The number of carbonyl (C=O) groups excluding carboxylic acids is 1. The number of carbonyl (C=O) groups is 1. The van der Waals surface area contributed by atoms with Crippen molar-refractivity contribution >= 4 is 5.91 Å². The summed E-state index contributed by atoms with van der Waals surface area (Å²) in [5.41, 5.74) is 2.64. The molecule has 3 rings (SSSR count). The van der Waals surface area contributed by atoms with Crippen LogP contribution in [-0.2, 0) is 11.2 Å². The summed E-state index contributed by atoms with van der Waals surface area (Å²) < 4.78 is 5.44. The Kier molecular flexibility index (Phi) is 5.61. The normalized spacial score (nSPS) is 16.7. The molecule has 0 bridgehead atoms. The van der Waals surface area contributed by atoms with Gasteiger partial charge in [-0.05, 0) is 30.7 Å². The molecule has 6 heteroatoms. The number of aryl methyl sites for hydroxylation is 1. The number of rotatable bonds is 6. The fourth-order valence-corrected chi connectivity index (χ4v) is 2.95. The number of aromatic amines is 1. The minimum Gasteiger partial charge on any atom is -0.379 e. The minimum atomic E-state index is -0.0797. The molecule has 0 spiro atoms. The molecule has 128 valence electrons. The van der Waals surface area contributed by atoms with Gasteiger partial charge in [0.15, 0.2) is 0 Å². The lowest BCUT2D eigenvalue weighted by atomic mass is 10.1. The molecular weight excluding hydrogens is 304 g/mol. The summed E-state index contributed by atoms with van der Waals surface area (Å²) in [4.78, 5) is 22.3. The van der Waals surface area contributed by atoms with Crippen molar-refractivity contribution in [3.63, 3.8) is 0 Å². The zero-order chi connectivity index (χ0) is 16.8. The number of ether oxygens (including phenoxy) is 1. The SMILES string of the molecule is CCc1ccc(C(=O)NCC(c2ccccn2)N2CCOCC2)[nH]1. The van der Waals surface area contributed by atoms with Crippen molar-refractivity contribution in [1.82, 2.24) is 20.2 Å². The van der Waals surface area contributed by atoms with Gasteiger partial charge in [-0.1, -0.05) is 13.0 Å². The van der Waals surface area contributed by atoms with Gasteiger partial charge in [0, 0.05) is 31.5 Å². The first-order chi connectivity index (χ1) is 11.8. The van der Waals surface area contributed by atoms with Gasteiger partial charge in [0.1, 0.15) is 5.69 Å². The van der Waals surface area contributed by atoms with Crippen molar-refractivity contribution in [2.24, 2.45) is 0 Å². The number of hydrogen-bond donors (Lipinski definition) is 2. The molecule has 1 aliphatic heterocycles. The van der Waals surface area contributed by atoms with Gasteiger partial charge in [0.2, 0.25) is 0 Å². The third-order valence-corrected chi connectivity index (χ3v) is 4.34. The van der Waals surface area contributed by atoms with Crippen LogP contribution in [0.2, 0.25) is 0 Å². The van der Waals surface area contributed by atoms with Gasteiger partial charge in [-0.15, -0.1) is 0 Å². The van der Waals surface area contributed by atoms with Crippen molar-refractivity contribution in [3.05, 3.63) is 53.6 Å². The van der Waals surface area contributed by atoms with Crippen LogP contribution < -0.4 is 5.32 Å². The average molecular weight is 328 g/mol. The van der Waals surface area contributed by atoms with E-state index in [1.807, 2.05) is 30.3 Å². The number of H-pyrrole nitrogens is 1. The topological polar surface area (TPSA) is 70.2 Å². The molecule has 1 atom stereocenters. The van der Waals surface area contributed by atoms with Crippen LogP contribution in [0.3, 0.4) is 0 Å². The van der Waals surface area contributed by atoms with Crippen molar-refractivity contribution in [2.45, 2.75) is 19.4 Å². The minimum absolute atomic E-state index is 0.0552. The third-order valence-electron chi connectivity index (χ3n) is 4.34. The third kappa shape index (κ3) is 4.01. The molecule has 0 radical (unpaired) electrons. The first kappa shape index (κ1) is 16.7. The van der Waals surface area contributed by atoms with E-state index in [-0.39, 0.29) is 11.9 Å². The fraction of sp³-hybridized carbons (Fsp3) is 0.444. The van der Waals surface area contributed by atoms with Gasteiger partial charge in [-0.2, -0.15) is 0 Å². The Hall–Kier alpha value is -2.18. The van der Waals surface area contributed by atoms with Gasteiger partial charge < -0.3 is 15.0 Å². The number of nitrogens with zero attached hydrogens (tertiary/aromatic N) is 2. The van der Waals surface area contributed by atoms with Crippen LogP contribution in [0, 0.1) is 0 Å². The predicted molar refractivity (Wildman–Crippen MR) is 91.9 cm³/mol. The van der Waals surface area contributed by atoms with E-state index in [0.717, 1.165) is 30.9 Å². The quantitative estimate of drug-likeness (QED) is 0.848. The second-order valence-electron chi connectivity index (χ2n) is 5.88. The summed E-state index contributed by atoms with van der Waals surface area (Å²) in [5, 5.41) is 3.04. The van der Waals surface area contributed by atoms with Gasteiger partial charge >= 0.3 is 0 Å². The first-order valence-corrected chi connectivity index (χ1v) is 8.46. The predicted octanol–water partition coefficient (Wildman–Crippen LogP) is 1.78. The van der Waals surface area contributed by atoms with E-state index < -0.39 is 0 Å². The van der Waals surface area contributed by atoms with E-state index >= 15 is 0 Å². The van der Waals surface area contributed by atoms with E-state index in [1.54, 1.807) is 6.20 Å². The highest BCUT2D eigenvalue weighted by Crippen LogP contribution is 2.19. The highest BCUT2D eigenvalue weighted by atomic mass is 16.5. The maximum absolute atomic E-state index is 12.4. The molecule has 1 aliphatic rings. The lowest BCUT2D eigenvalue weighted by molar-refractivity contribution is 0.0153. The molecule has 0 aromatic carbocycles. The molecule has 24 heavy (non-hydrogen) atoms. The summed E-state index contributed by atoms with van der Waals surface area (Å²) in [5.74, 6) is -0.0797. The van der Waals surface area contributed by atoms with E-state index in [2.05, 4.69) is 27.1 Å².